The number of hydrogen-bond donors (Lipinski definition) is 0. The fourth-order valence-corrected chi connectivity index (χ4v) is 4.16. The van der Waals surface area contributed by atoms with Crippen LogP contribution in [0.1, 0.15) is 36.3 Å². The van der Waals surface area contributed by atoms with Crippen molar-refractivity contribution >= 4 is 17.5 Å². The van der Waals surface area contributed by atoms with Crippen molar-refractivity contribution in [2.45, 2.75) is 32.1 Å². The van der Waals surface area contributed by atoms with Gasteiger partial charge >= 0.3 is 0 Å². The molecule has 1 heterocycles. The average molecular weight is 319 g/mol. The summed E-state index contributed by atoms with van der Waals surface area (Å²) in [4.78, 5) is 27.1. The van der Waals surface area contributed by atoms with Crippen molar-refractivity contribution in [1.29, 1.82) is 0 Å². The third-order valence-electron chi connectivity index (χ3n) is 5.49. The van der Waals surface area contributed by atoms with Gasteiger partial charge in [0.15, 0.2) is 0 Å². The molecule has 24 heavy (non-hydrogen) atoms. The van der Waals surface area contributed by atoms with Gasteiger partial charge in [0.2, 0.25) is 11.8 Å². The Morgan fingerprint density at radius 1 is 0.833 bits per heavy atom. The molecule has 0 N–H and O–H groups in total. The minimum absolute atomic E-state index is 0.0136. The van der Waals surface area contributed by atoms with Crippen LogP contribution in [0.15, 0.2) is 54.6 Å². The Bertz CT molecular complexity index is 766. The van der Waals surface area contributed by atoms with Gasteiger partial charge in [-0.2, -0.15) is 0 Å². The van der Waals surface area contributed by atoms with Crippen molar-refractivity contribution in [2.75, 3.05) is 4.90 Å². The van der Waals surface area contributed by atoms with Crippen molar-refractivity contribution in [2.24, 2.45) is 11.8 Å². The fraction of sp³-hybridized carbons (Fsp3) is 0.333. The Hall–Kier alpha value is -2.42. The van der Waals surface area contributed by atoms with Crippen LogP contribution in [0.3, 0.4) is 0 Å². The summed E-state index contributed by atoms with van der Waals surface area (Å²) in [5, 5.41) is 0. The number of anilines is 1. The zero-order valence-corrected chi connectivity index (χ0v) is 13.8. The lowest BCUT2D eigenvalue weighted by Gasteiger charge is -2.28. The number of rotatable bonds is 2. The van der Waals surface area contributed by atoms with Crippen molar-refractivity contribution in [3.8, 4) is 0 Å². The number of benzene rings is 2. The van der Waals surface area contributed by atoms with Crippen LogP contribution in [0.4, 0.5) is 5.69 Å². The highest BCUT2D eigenvalue weighted by Gasteiger charge is 2.50. The van der Waals surface area contributed by atoms with E-state index in [-0.39, 0.29) is 23.7 Å². The number of amides is 2. The smallest absolute Gasteiger partial charge is 0.237 e. The van der Waals surface area contributed by atoms with Crippen LogP contribution in [0.5, 0.6) is 0 Å². The van der Waals surface area contributed by atoms with Gasteiger partial charge in [0, 0.05) is 0 Å². The molecule has 3 atom stereocenters. The molecule has 1 aliphatic carbocycles. The van der Waals surface area contributed by atoms with Crippen LogP contribution < -0.4 is 4.90 Å². The molecule has 3 heteroatoms. The van der Waals surface area contributed by atoms with Gasteiger partial charge in [0.25, 0.3) is 0 Å². The van der Waals surface area contributed by atoms with Crippen LogP contribution in [0, 0.1) is 18.8 Å². The monoisotopic (exact) mass is 319 g/mol. The van der Waals surface area contributed by atoms with Crippen LogP contribution in [-0.4, -0.2) is 11.8 Å². The molecular formula is C21H21NO2. The number of aryl methyl sites for hydroxylation is 1. The maximum Gasteiger partial charge on any atom is 0.237 e. The van der Waals surface area contributed by atoms with E-state index in [0.29, 0.717) is 11.6 Å². The molecule has 2 fully saturated rings. The van der Waals surface area contributed by atoms with Gasteiger partial charge in [-0.1, -0.05) is 48.0 Å². The van der Waals surface area contributed by atoms with E-state index < -0.39 is 0 Å². The van der Waals surface area contributed by atoms with Crippen molar-refractivity contribution in [1.82, 2.24) is 0 Å². The standard InChI is InChI=1S/C21H21NO2/c1-14-7-10-17(11-8-14)22-20(23)18-12-9-16(13-19(18)21(22)24)15-5-3-2-4-6-15/h2-8,10-11,16,18-19H,9,12-13H2,1H3/t16-,18+,19+/m1/s1. The number of hydrogen-bond acceptors (Lipinski definition) is 2. The minimum atomic E-state index is -0.169. The Balaban J connectivity index is 1.60. The Morgan fingerprint density at radius 3 is 2.21 bits per heavy atom. The van der Waals surface area contributed by atoms with E-state index in [1.54, 1.807) is 0 Å². The first-order valence-corrected chi connectivity index (χ1v) is 8.64. The summed E-state index contributed by atoms with van der Waals surface area (Å²) in [6.07, 6.45) is 2.56. The first-order chi connectivity index (χ1) is 11.6. The van der Waals surface area contributed by atoms with E-state index >= 15 is 0 Å². The number of carbonyl (C=O) groups excluding carboxylic acids is 2. The van der Waals surface area contributed by atoms with E-state index in [1.165, 1.54) is 10.5 Å². The van der Waals surface area contributed by atoms with Crippen LogP contribution >= 0.6 is 0 Å². The number of imide groups is 1. The van der Waals surface area contributed by atoms with Gasteiger partial charge in [-0.05, 0) is 49.8 Å². The van der Waals surface area contributed by atoms with Gasteiger partial charge in [0.1, 0.15) is 0 Å². The number of carbonyl (C=O) groups is 2. The first-order valence-electron chi connectivity index (χ1n) is 8.64. The van der Waals surface area contributed by atoms with Crippen LogP contribution in [0.2, 0.25) is 0 Å². The molecule has 2 amide bonds. The third kappa shape index (κ3) is 2.44. The molecular weight excluding hydrogens is 298 g/mol. The van der Waals surface area contributed by atoms with Crippen molar-refractivity contribution in [3.63, 3.8) is 0 Å². The molecule has 0 radical (unpaired) electrons. The molecule has 3 nitrogen and oxygen atoms in total. The second-order valence-electron chi connectivity index (χ2n) is 6.98. The van der Waals surface area contributed by atoms with Gasteiger partial charge in [0.05, 0.1) is 17.5 Å². The zero-order valence-electron chi connectivity index (χ0n) is 13.8. The summed E-state index contributed by atoms with van der Waals surface area (Å²) in [5.41, 5.74) is 3.12. The molecule has 0 bridgehead atoms. The van der Waals surface area contributed by atoms with Gasteiger partial charge in [-0.25, -0.2) is 0 Å². The highest BCUT2D eigenvalue weighted by Crippen LogP contribution is 2.45. The summed E-state index contributed by atoms with van der Waals surface area (Å²) in [6, 6.07) is 18.0. The van der Waals surface area contributed by atoms with E-state index in [0.717, 1.165) is 24.8 Å². The molecule has 0 aromatic heterocycles. The van der Waals surface area contributed by atoms with Crippen molar-refractivity contribution in [3.05, 3.63) is 65.7 Å². The second kappa shape index (κ2) is 5.90. The lowest BCUT2D eigenvalue weighted by Crippen LogP contribution is -2.30. The third-order valence-corrected chi connectivity index (χ3v) is 5.49. The lowest BCUT2D eigenvalue weighted by atomic mass is 9.73. The molecule has 1 saturated carbocycles. The largest absolute Gasteiger partial charge is 0.274 e. The second-order valence-corrected chi connectivity index (χ2v) is 6.98. The molecule has 1 aliphatic heterocycles. The molecule has 2 aromatic rings. The van der Waals surface area contributed by atoms with E-state index in [2.05, 4.69) is 12.1 Å². The molecule has 122 valence electrons. The predicted octanol–water partition coefficient (Wildman–Crippen LogP) is 4.07. The molecule has 0 spiro atoms. The summed E-state index contributed by atoms with van der Waals surface area (Å²) in [6.45, 7) is 2.00. The minimum Gasteiger partial charge on any atom is -0.274 e. The first kappa shape index (κ1) is 15.1. The Labute approximate surface area is 142 Å². The molecule has 2 aliphatic rings. The normalized spacial score (nSPS) is 26.5. The summed E-state index contributed by atoms with van der Waals surface area (Å²) in [7, 11) is 0. The maximum atomic E-state index is 12.9. The summed E-state index contributed by atoms with van der Waals surface area (Å²) in [5.74, 6) is 0.0357. The maximum absolute atomic E-state index is 12.9. The van der Waals surface area contributed by atoms with E-state index in [1.807, 2.05) is 49.4 Å². The topological polar surface area (TPSA) is 37.4 Å². The van der Waals surface area contributed by atoms with Gasteiger partial charge < -0.3 is 0 Å². The van der Waals surface area contributed by atoms with E-state index in [9.17, 15) is 9.59 Å². The van der Waals surface area contributed by atoms with E-state index in [4.69, 9.17) is 0 Å². The van der Waals surface area contributed by atoms with Gasteiger partial charge in [-0.3, -0.25) is 14.5 Å². The molecule has 0 unspecified atom stereocenters. The molecule has 1 saturated heterocycles. The van der Waals surface area contributed by atoms with Crippen LogP contribution in [-0.2, 0) is 9.59 Å². The summed E-state index contributed by atoms with van der Waals surface area (Å²) >= 11 is 0. The van der Waals surface area contributed by atoms with Gasteiger partial charge in [-0.15, -0.1) is 0 Å². The van der Waals surface area contributed by atoms with Crippen LogP contribution in [0.25, 0.3) is 0 Å². The lowest BCUT2D eigenvalue weighted by molar-refractivity contribution is -0.122. The number of nitrogens with zero attached hydrogens (tertiary/aromatic N) is 1. The molecule has 2 aromatic carbocycles. The Morgan fingerprint density at radius 2 is 1.50 bits per heavy atom. The van der Waals surface area contributed by atoms with Crippen molar-refractivity contribution < 1.29 is 9.59 Å². The SMILES string of the molecule is Cc1ccc(N2C(=O)[C@H]3CC[C@@H](c4ccccc4)C[C@@H]3C2=O)cc1. The predicted molar refractivity (Wildman–Crippen MR) is 93.7 cm³/mol. The highest BCUT2D eigenvalue weighted by molar-refractivity contribution is 6.22. The highest BCUT2D eigenvalue weighted by atomic mass is 16.2. The fourth-order valence-electron chi connectivity index (χ4n) is 4.16. The average Bonchev–Trinajstić information content (AvgIpc) is 2.87. The quantitative estimate of drug-likeness (QED) is 0.783. The summed E-state index contributed by atoms with van der Waals surface area (Å²) < 4.78 is 0. The zero-order chi connectivity index (χ0) is 16.7. The molecule has 4 rings (SSSR count). The Kier molecular flexibility index (Phi) is 3.72. The number of fused-ring (bicyclic) bond motifs is 1.